The molecule has 2 rings (SSSR count). The molecule has 0 aliphatic carbocycles. The van der Waals surface area contributed by atoms with Gasteiger partial charge in [-0.2, -0.15) is 0 Å². The van der Waals surface area contributed by atoms with Crippen LogP contribution in [0.1, 0.15) is 38.8 Å². The first-order valence-corrected chi connectivity index (χ1v) is 5.81. The van der Waals surface area contributed by atoms with Crippen molar-refractivity contribution in [2.75, 3.05) is 0 Å². The molecule has 2 nitrogen and oxygen atoms in total. The molecule has 2 heteroatoms. The molecule has 0 aliphatic heterocycles. The third kappa shape index (κ3) is 2.38. The molecule has 0 spiro atoms. The number of rotatable bonds is 3. The quantitative estimate of drug-likeness (QED) is 0.768. The Morgan fingerprint density at radius 2 is 1.39 bits per heavy atom. The van der Waals surface area contributed by atoms with E-state index < -0.39 is 0 Å². The first kappa shape index (κ1) is 12.2. The molecule has 0 bridgehead atoms. The molecule has 90 valence electrons. The van der Waals surface area contributed by atoms with Gasteiger partial charge < -0.3 is 0 Å². The Morgan fingerprint density at radius 1 is 0.833 bits per heavy atom. The van der Waals surface area contributed by atoms with Crippen molar-refractivity contribution in [1.29, 1.82) is 0 Å². The second-order valence-electron chi connectivity index (χ2n) is 4.30. The van der Waals surface area contributed by atoms with Gasteiger partial charge in [0.2, 0.25) is 0 Å². The zero-order valence-corrected chi connectivity index (χ0v) is 10.4. The van der Waals surface area contributed by atoms with Gasteiger partial charge in [0, 0.05) is 16.7 Å². The van der Waals surface area contributed by atoms with Crippen LogP contribution in [0.5, 0.6) is 0 Å². The number of hydrogen-bond donors (Lipinski definition) is 0. The van der Waals surface area contributed by atoms with Crippen LogP contribution in [0, 0.1) is 6.92 Å². The Bertz CT molecular complexity index is 595. The van der Waals surface area contributed by atoms with Gasteiger partial charge >= 0.3 is 0 Å². The zero-order valence-electron chi connectivity index (χ0n) is 10.4. The van der Waals surface area contributed by atoms with Gasteiger partial charge in [-0.05, 0) is 13.8 Å². The molecule has 2 aromatic carbocycles. The topological polar surface area (TPSA) is 34.1 Å². The average Bonchev–Trinajstić information content (AvgIpc) is 2.39. The van der Waals surface area contributed by atoms with Gasteiger partial charge in [0.1, 0.15) is 0 Å². The number of aryl methyl sites for hydroxylation is 1. The summed E-state index contributed by atoms with van der Waals surface area (Å²) in [5.41, 5.74) is 2.65. The lowest BCUT2D eigenvalue weighted by Crippen LogP contribution is -2.08. The predicted molar refractivity (Wildman–Crippen MR) is 71.1 cm³/mol. The molecule has 0 unspecified atom stereocenters. The van der Waals surface area contributed by atoms with E-state index in [2.05, 4.69) is 0 Å². The second-order valence-corrected chi connectivity index (χ2v) is 4.30. The molecule has 0 N–H and O–H groups in total. The molecule has 0 atom stereocenters. The minimum atomic E-state index is -0.110. The van der Waals surface area contributed by atoms with Crippen LogP contribution in [0.2, 0.25) is 0 Å². The molecule has 0 amide bonds. The fourth-order valence-electron chi connectivity index (χ4n) is 1.85. The highest BCUT2D eigenvalue weighted by atomic mass is 16.1. The summed E-state index contributed by atoms with van der Waals surface area (Å²) >= 11 is 0. The summed E-state index contributed by atoms with van der Waals surface area (Å²) in [6.45, 7) is 3.44. The number of hydrogen-bond acceptors (Lipinski definition) is 2. The van der Waals surface area contributed by atoms with Crippen molar-refractivity contribution in [2.24, 2.45) is 0 Å². The number of benzene rings is 2. The SMILES string of the molecule is CC(=O)c1ccccc1C(=O)c1ccc(C)cc1. The molecule has 0 saturated carbocycles. The minimum absolute atomic E-state index is 0.0916. The summed E-state index contributed by atoms with van der Waals surface area (Å²) in [5.74, 6) is -0.202. The van der Waals surface area contributed by atoms with E-state index in [1.165, 1.54) is 6.92 Å². The number of carbonyl (C=O) groups excluding carboxylic acids is 2. The van der Waals surface area contributed by atoms with Crippen molar-refractivity contribution in [3.63, 3.8) is 0 Å². The van der Waals surface area contributed by atoms with Crippen LogP contribution in [0.4, 0.5) is 0 Å². The number of Topliss-reactive ketones (excluding diaryl/α,β-unsaturated/α-hetero) is 1. The first-order chi connectivity index (χ1) is 8.59. The maximum Gasteiger partial charge on any atom is 0.193 e. The van der Waals surface area contributed by atoms with Crippen molar-refractivity contribution >= 4 is 11.6 Å². The Morgan fingerprint density at radius 3 is 1.94 bits per heavy atom. The van der Waals surface area contributed by atoms with Gasteiger partial charge in [0.25, 0.3) is 0 Å². The predicted octanol–water partition coefficient (Wildman–Crippen LogP) is 3.43. The molecule has 0 aromatic heterocycles. The van der Waals surface area contributed by atoms with Crippen LogP contribution in [0.25, 0.3) is 0 Å². The summed E-state index contributed by atoms with van der Waals surface area (Å²) in [4.78, 5) is 23.8. The molecule has 0 heterocycles. The Kier molecular flexibility index (Phi) is 3.38. The lowest BCUT2D eigenvalue weighted by molar-refractivity contribution is 0.0990. The van der Waals surface area contributed by atoms with Gasteiger partial charge in [-0.1, -0.05) is 54.1 Å². The van der Waals surface area contributed by atoms with E-state index in [1.807, 2.05) is 19.1 Å². The van der Waals surface area contributed by atoms with Crippen LogP contribution in [0.3, 0.4) is 0 Å². The zero-order chi connectivity index (χ0) is 13.1. The van der Waals surface area contributed by atoms with Crippen molar-refractivity contribution in [1.82, 2.24) is 0 Å². The molecule has 0 saturated heterocycles. The van der Waals surface area contributed by atoms with Crippen molar-refractivity contribution in [3.8, 4) is 0 Å². The van der Waals surface area contributed by atoms with Crippen LogP contribution < -0.4 is 0 Å². The van der Waals surface area contributed by atoms with E-state index in [0.29, 0.717) is 16.7 Å². The van der Waals surface area contributed by atoms with Gasteiger partial charge in [-0.15, -0.1) is 0 Å². The van der Waals surface area contributed by atoms with Crippen LogP contribution >= 0.6 is 0 Å². The Hall–Kier alpha value is -2.22. The van der Waals surface area contributed by atoms with Gasteiger partial charge in [0.05, 0.1) is 0 Å². The smallest absolute Gasteiger partial charge is 0.193 e. The highest BCUT2D eigenvalue weighted by Crippen LogP contribution is 2.15. The highest BCUT2D eigenvalue weighted by molar-refractivity contribution is 6.15. The largest absolute Gasteiger partial charge is 0.294 e. The van der Waals surface area contributed by atoms with Crippen molar-refractivity contribution < 1.29 is 9.59 Å². The van der Waals surface area contributed by atoms with E-state index >= 15 is 0 Å². The number of ketones is 2. The maximum atomic E-state index is 12.3. The molecule has 0 fully saturated rings. The van der Waals surface area contributed by atoms with E-state index in [-0.39, 0.29) is 11.6 Å². The Balaban J connectivity index is 2.46. The lowest BCUT2D eigenvalue weighted by Gasteiger charge is -2.06. The fourth-order valence-corrected chi connectivity index (χ4v) is 1.85. The summed E-state index contributed by atoms with van der Waals surface area (Å²) < 4.78 is 0. The summed E-state index contributed by atoms with van der Waals surface area (Å²) in [6, 6.07) is 14.3. The molecule has 18 heavy (non-hydrogen) atoms. The molecular formula is C16H14O2. The molecule has 0 aliphatic rings. The highest BCUT2D eigenvalue weighted by Gasteiger charge is 2.15. The van der Waals surface area contributed by atoms with Crippen molar-refractivity contribution in [3.05, 3.63) is 70.8 Å². The standard InChI is InChI=1S/C16H14O2/c1-11-7-9-13(10-8-11)16(18)15-6-4-3-5-14(15)12(2)17/h3-10H,1-2H3. The van der Waals surface area contributed by atoms with E-state index in [0.717, 1.165) is 5.56 Å². The lowest BCUT2D eigenvalue weighted by atomic mass is 9.96. The van der Waals surface area contributed by atoms with E-state index in [4.69, 9.17) is 0 Å². The van der Waals surface area contributed by atoms with Crippen LogP contribution in [-0.2, 0) is 0 Å². The monoisotopic (exact) mass is 238 g/mol. The third-order valence-corrected chi connectivity index (χ3v) is 2.86. The van der Waals surface area contributed by atoms with E-state index in [9.17, 15) is 9.59 Å². The summed E-state index contributed by atoms with van der Waals surface area (Å²) in [6.07, 6.45) is 0. The molecule has 2 aromatic rings. The van der Waals surface area contributed by atoms with Crippen LogP contribution in [0.15, 0.2) is 48.5 Å². The number of carbonyl (C=O) groups is 2. The fraction of sp³-hybridized carbons (Fsp3) is 0.125. The minimum Gasteiger partial charge on any atom is -0.294 e. The second kappa shape index (κ2) is 4.96. The van der Waals surface area contributed by atoms with Gasteiger partial charge in [-0.3, -0.25) is 9.59 Å². The normalized spacial score (nSPS) is 10.1. The molecule has 0 radical (unpaired) electrons. The summed E-state index contributed by atoms with van der Waals surface area (Å²) in [5, 5.41) is 0. The van der Waals surface area contributed by atoms with Crippen molar-refractivity contribution in [2.45, 2.75) is 13.8 Å². The van der Waals surface area contributed by atoms with Crippen LogP contribution in [-0.4, -0.2) is 11.6 Å². The average molecular weight is 238 g/mol. The Labute approximate surface area is 106 Å². The maximum absolute atomic E-state index is 12.3. The summed E-state index contributed by atoms with van der Waals surface area (Å²) in [7, 11) is 0. The third-order valence-electron chi connectivity index (χ3n) is 2.86. The van der Waals surface area contributed by atoms with Gasteiger partial charge in [0.15, 0.2) is 11.6 Å². The first-order valence-electron chi connectivity index (χ1n) is 5.81. The van der Waals surface area contributed by atoms with Gasteiger partial charge in [-0.25, -0.2) is 0 Å². The van der Waals surface area contributed by atoms with E-state index in [1.54, 1.807) is 36.4 Å². The molecular weight excluding hydrogens is 224 g/mol.